The van der Waals surface area contributed by atoms with E-state index < -0.39 is 0 Å². The van der Waals surface area contributed by atoms with Crippen LogP contribution in [0.5, 0.6) is 5.75 Å². The molecule has 0 fully saturated rings. The minimum Gasteiger partial charge on any atom is -0.492 e. The zero-order valence-corrected chi connectivity index (χ0v) is 15.1. The van der Waals surface area contributed by atoms with Crippen molar-refractivity contribution in [2.75, 3.05) is 11.9 Å². The number of nitrogens with one attached hydrogen (secondary N) is 1. The van der Waals surface area contributed by atoms with Crippen molar-refractivity contribution >= 4 is 24.0 Å². The molecule has 24 heavy (non-hydrogen) atoms. The van der Waals surface area contributed by atoms with Crippen LogP contribution >= 0.6 is 12.4 Å². The van der Waals surface area contributed by atoms with Gasteiger partial charge in [-0.2, -0.15) is 0 Å². The first-order valence-electron chi connectivity index (χ1n) is 7.87. The Kier molecular flexibility index (Phi) is 7.75. The van der Waals surface area contributed by atoms with Crippen LogP contribution < -0.4 is 15.8 Å². The highest BCUT2D eigenvalue weighted by Gasteiger charge is 2.23. The van der Waals surface area contributed by atoms with Gasteiger partial charge in [0.15, 0.2) is 0 Å². The highest BCUT2D eigenvalue weighted by molar-refractivity contribution is 5.94. The Hall–Kier alpha value is -2.04. The molecule has 0 heterocycles. The summed E-state index contributed by atoms with van der Waals surface area (Å²) >= 11 is 0. The summed E-state index contributed by atoms with van der Waals surface area (Å²) in [6, 6.07) is 15.0. The lowest BCUT2D eigenvalue weighted by Gasteiger charge is -2.21. The van der Waals surface area contributed by atoms with Crippen LogP contribution in [0.1, 0.15) is 31.0 Å². The Morgan fingerprint density at radius 3 is 2.50 bits per heavy atom. The monoisotopic (exact) mass is 348 g/mol. The molecule has 130 valence electrons. The predicted molar refractivity (Wildman–Crippen MR) is 101 cm³/mol. The SMILES string of the molecule is CCOc1cc(C)ccc1NC(=O)C(C)C(N)c1ccccc1.Cl. The number of hydrogen-bond acceptors (Lipinski definition) is 3. The molecule has 2 atom stereocenters. The van der Waals surface area contributed by atoms with Gasteiger partial charge in [-0.1, -0.05) is 43.3 Å². The minimum atomic E-state index is -0.354. The third kappa shape index (κ3) is 4.98. The molecule has 0 aliphatic heterocycles. The number of aryl methyl sites for hydroxylation is 1. The van der Waals surface area contributed by atoms with Crippen LogP contribution in [-0.2, 0) is 4.79 Å². The Balaban J connectivity index is 0.00000288. The molecular formula is C19H25ClN2O2. The summed E-state index contributed by atoms with van der Waals surface area (Å²) in [5, 5.41) is 2.93. The van der Waals surface area contributed by atoms with Crippen LogP contribution in [0.25, 0.3) is 0 Å². The molecule has 4 nitrogen and oxygen atoms in total. The number of halogens is 1. The van der Waals surface area contributed by atoms with Gasteiger partial charge in [-0.3, -0.25) is 4.79 Å². The molecule has 2 aromatic rings. The van der Waals surface area contributed by atoms with E-state index >= 15 is 0 Å². The average molecular weight is 349 g/mol. The van der Waals surface area contributed by atoms with E-state index in [0.29, 0.717) is 18.0 Å². The Labute approximate surface area is 149 Å². The number of anilines is 1. The zero-order chi connectivity index (χ0) is 16.8. The first-order valence-corrected chi connectivity index (χ1v) is 7.87. The molecule has 2 rings (SSSR count). The molecule has 3 N–H and O–H groups in total. The average Bonchev–Trinajstić information content (AvgIpc) is 2.57. The van der Waals surface area contributed by atoms with Gasteiger partial charge in [0.1, 0.15) is 5.75 Å². The second-order valence-electron chi connectivity index (χ2n) is 5.65. The minimum absolute atomic E-state index is 0. The maximum absolute atomic E-state index is 12.5. The lowest BCUT2D eigenvalue weighted by Crippen LogP contribution is -2.30. The van der Waals surface area contributed by atoms with E-state index in [1.165, 1.54) is 0 Å². The van der Waals surface area contributed by atoms with Crippen LogP contribution in [0.15, 0.2) is 48.5 Å². The first-order chi connectivity index (χ1) is 11.0. The lowest BCUT2D eigenvalue weighted by molar-refractivity contribution is -0.120. The topological polar surface area (TPSA) is 64.3 Å². The van der Waals surface area contributed by atoms with Gasteiger partial charge in [0.05, 0.1) is 18.2 Å². The van der Waals surface area contributed by atoms with Crippen molar-refractivity contribution < 1.29 is 9.53 Å². The summed E-state index contributed by atoms with van der Waals surface area (Å²) in [6.45, 7) is 6.29. The molecule has 2 unspecified atom stereocenters. The van der Waals surface area contributed by atoms with Crippen molar-refractivity contribution in [3.05, 3.63) is 59.7 Å². The molecule has 2 aromatic carbocycles. The number of carbonyl (C=O) groups is 1. The van der Waals surface area contributed by atoms with E-state index in [1.807, 2.05) is 69.3 Å². The predicted octanol–water partition coefficient (Wildman–Crippen LogP) is 4.09. The summed E-state index contributed by atoms with van der Waals surface area (Å²) < 4.78 is 5.60. The molecule has 0 saturated carbocycles. The maximum atomic E-state index is 12.5. The number of benzene rings is 2. The van der Waals surface area contributed by atoms with E-state index in [9.17, 15) is 4.79 Å². The fourth-order valence-electron chi connectivity index (χ4n) is 2.38. The van der Waals surface area contributed by atoms with E-state index in [-0.39, 0.29) is 30.3 Å². The number of rotatable bonds is 6. The van der Waals surface area contributed by atoms with E-state index in [0.717, 1.165) is 11.1 Å². The second-order valence-corrected chi connectivity index (χ2v) is 5.65. The molecule has 0 spiro atoms. The smallest absolute Gasteiger partial charge is 0.229 e. The summed E-state index contributed by atoms with van der Waals surface area (Å²) in [6.07, 6.45) is 0. The van der Waals surface area contributed by atoms with Gasteiger partial charge in [0.25, 0.3) is 0 Å². The third-order valence-electron chi connectivity index (χ3n) is 3.83. The number of amides is 1. The third-order valence-corrected chi connectivity index (χ3v) is 3.83. The van der Waals surface area contributed by atoms with Crippen molar-refractivity contribution in [1.82, 2.24) is 0 Å². The van der Waals surface area contributed by atoms with Crippen LogP contribution in [0, 0.1) is 12.8 Å². The normalized spacial score (nSPS) is 12.7. The Bertz CT molecular complexity index is 662. The van der Waals surface area contributed by atoms with Crippen molar-refractivity contribution in [3.63, 3.8) is 0 Å². The summed E-state index contributed by atoms with van der Waals surface area (Å²) in [5.41, 5.74) is 8.93. The highest BCUT2D eigenvalue weighted by Crippen LogP contribution is 2.27. The quantitative estimate of drug-likeness (QED) is 0.826. The van der Waals surface area contributed by atoms with Gasteiger partial charge in [0.2, 0.25) is 5.91 Å². The van der Waals surface area contributed by atoms with Crippen LogP contribution in [0.3, 0.4) is 0 Å². The molecule has 0 aliphatic carbocycles. The molecule has 0 aromatic heterocycles. The van der Waals surface area contributed by atoms with Crippen LogP contribution in [0.2, 0.25) is 0 Å². The van der Waals surface area contributed by atoms with Crippen molar-refractivity contribution in [2.24, 2.45) is 11.7 Å². The Morgan fingerprint density at radius 2 is 1.88 bits per heavy atom. The number of carbonyl (C=O) groups excluding carboxylic acids is 1. The van der Waals surface area contributed by atoms with Gasteiger partial charge >= 0.3 is 0 Å². The summed E-state index contributed by atoms with van der Waals surface area (Å²) in [7, 11) is 0. The van der Waals surface area contributed by atoms with Gasteiger partial charge < -0.3 is 15.8 Å². The largest absolute Gasteiger partial charge is 0.492 e. The van der Waals surface area contributed by atoms with Gasteiger partial charge in [-0.25, -0.2) is 0 Å². The summed E-state index contributed by atoms with van der Waals surface area (Å²) in [4.78, 5) is 12.5. The molecule has 0 bridgehead atoms. The van der Waals surface area contributed by atoms with Crippen LogP contribution in [-0.4, -0.2) is 12.5 Å². The summed E-state index contributed by atoms with van der Waals surface area (Å²) in [5.74, 6) is 0.209. The van der Waals surface area contributed by atoms with Crippen molar-refractivity contribution in [3.8, 4) is 5.75 Å². The number of ether oxygens (including phenoxy) is 1. The van der Waals surface area contributed by atoms with Gasteiger partial charge in [0, 0.05) is 6.04 Å². The second kappa shape index (κ2) is 9.30. The van der Waals surface area contributed by atoms with E-state index in [4.69, 9.17) is 10.5 Å². The lowest BCUT2D eigenvalue weighted by atomic mass is 9.94. The number of hydrogen-bond donors (Lipinski definition) is 2. The molecule has 0 radical (unpaired) electrons. The van der Waals surface area contributed by atoms with Crippen molar-refractivity contribution in [1.29, 1.82) is 0 Å². The zero-order valence-electron chi connectivity index (χ0n) is 14.3. The highest BCUT2D eigenvalue weighted by atomic mass is 35.5. The molecule has 1 amide bonds. The maximum Gasteiger partial charge on any atom is 0.229 e. The van der Waals surface area contributed by atoms with E-state index in [2.05, 4.69) is 5.32 Å². The standard InChI is InChI=1S/C19H24N2O2.ClH/c1-4-23-17-12-13(2)10-11-16(17)21-19(22)14(3)18(20)15-8-6-5-7-9-15;/h5-12,14,18H,4,20H2,1-3H3,(H,21,22);1H. The fraction of sp³-hybridized carbons (Fsp3) is 0.316. The molecule has 0 aliphatic rings. The van der Waals surface area contributed by atoms with Crippen LogP contribution in [0.4, 0.5) is 5.69 Å². The molecular weight excluding hydrogens is 324 g/mol. The Morgan fingerprint density at radius 1 is 1.21 bits per heavy atom. The molecule has 5 heteroatoms. The molecule has 0 saturated heterocycles. The first kappa shape index (κ1) is 20.0. The fourth-order valence-corrected chi connectivity index (χ4v) is 2.38. The number of nitrogens with two attached hydrogens (primary N) is 1. The van der Waals surface area contributed by atoms with Gasteiger partial charge in [-0.15, -0.1) is 12.4 Å². The van der Waals surface area contributed by atoms with Gasteiger partial charge in [-0.05, 0) is 37.1 Å². The van der Waals surface area contributed by atoms with Crippen molar-refractivity contribution in [2.45, 2.75) is 26.8 Å². The van der Waals surface area contributed by atoms with E-state index in [1.54, 1.807) is 0 Å².